The molecular weight excluding hydrogens is 306 g/mol. The molecule has 0 bridgehead atoms. The smallest absolute Gasteiger partial charge is 0.262 e. The summed E-state index contributed by atoms with van der Waals surface area (Å²) in [7, 11) is 0. The van der Waals surface area contributed by atoms with Crippen LogP contribution in [-0.2, 0) is 0 Å². The summed E-state index contributed by atoms with van der Waals surface area (Å²) in [4.78, 5) is 12.1. The highest BCUT2D eigenvalue weighted by molar-refractivity contribution is 9.10. The lowest BCUT2D eigenvalue weighted by Gasteiger charge is -1.99. The fourth-order valence-electron chi connectivity index (χ4n) is 0.697. The lowest BCUT2D eigenvalue weighted by Crippen LogP contribution is -2.24. The average molecular weight is 313 g/mol. The van der Waals surface area contributed by atoms with Crippen LogP contribution in [0, 0.1) is 0 Å². The van der Waals surface area contributed by atoms with Gasteiger partial charge in [-0.2, -0.15) is 0 Å². The highest BCUT2D eigenvalue weighted by Crippen LogP contribution is 2.21. The van der Waals surface area contributed by atoms with Crippen molar-refractivity contribution in [2.75, 3.05) is 11.9 Å². The molecule has 0 saturated heterocycles. The van der Waals surface area contributed by atoms with E-state index in [1.54, 1.807) is 0 Å². The van der Waals surface area contributed by atoms with Crippen LogP contribution in [0.15, 0.2) is 15.9 Å². The summed E-state index contributed by atoms with van der Waals surface area (Å²) < 4.78 is 0.861. The van der Waals surface area contributed by atoms with Crippen molar-refractivity contribution in [3.8, 4) is 0 Å². The van der Waals surface area contributed by atoms with Crippen molar-refractivity contribution in [1.29, 1.82) is 0 Å². The molecule has 2 nitrogen and oxygen atoms in total. The van der Waals surface area contributed by atoms with E-state index in [0.717, 1.165) is 14.7 Å². The van der Waals surface area contributed by atoms with Gasteiger partial charge in [0.2, 0.25) is 0 Å². The highest BCUT2D eigenvalue weighted by Gasteiger charge is 2.09. The van der Waals surface area contributed by atoms with Crippen molar-refractivity contribution in [3.63, 3.8) is 0 Å². The maximum absolute atomic E-state index is 11.3. The minimum atomic E-state index is -0.0173. The third-order valence-corrected chi connectivity index (χ3v) is 3.44. The van der Waals surface area contributed by atoms with Crippen molar-refractivity contribution >= 4 is 49.1 Å². The van der Waals surface area contributed by atoms with Gasteiger partial charge >= 0.3 is 0 Å². The summed E-state index contributed by atoms with van der Waals surface area (Å²) in [6.45, 7) is 0.656. The maximum Gasteiger partial charge on any atom is 0.262 e. The van der Waals surface area contributed by atoms with Crippen molar-refractivity contribution in [2.24, 2.45) is 0 Å². The molecule has 66 valence electrons. The zero-order valence-corrected chi connectivity index (χ0v) is 10.1. The van der Waals surface area contributed by atoms with Crippen LogP contribution in [0.1, 0.15) is 9.67 Å². The van der Waals surface area contributed by atoms with E-state index in [-0.39, 0.29) is 5.91 Å². The molecule has 12 heavy (non-hydrogen) atoms. The fourth-order valence-corrected chi connectivity index (χ4v) is 2.36. The number of alkyl halides is 1. The van der Waals surface area contributed by atoms with E-state index < -0.39 is 0 Å². The van der Waals surface area contributed by atoms with Crippen molar-refractivity contribution < 1.29 is 4.79 Å². The molecule has 0 atom stereocenters. The van der Waals surface area contributed by atoms with Gasteiger partial charge in [0.1, 0.15) is 4.88 Å². The first-order chi connectivity index (χ1) is 5.75. The van der Waals surface area contributed by atoms with Crippen molar-refractivity contribution in [2.45, 2.75) is 0 Å². The first-order valence-corrected chi connectivity index (χ1v) is 6.12. The van der Waals surface area contributed by atoms with E-state index in [1.165, 1.54) is 11.3 Å². The van der Waals surface area contributed by atoms with Gasteiger partial charge < -0.3 is 5.32 Å². The van der Waals surface area contributed by atoms with Gasteiger partial charge in [0.25, 0.3) is 5.91 Å². The van der Waals surface area contributed by atoms with E-state index in [9.17, 15) is 4.79 Å². The van der Waals surface area contributed by atoms with Crippen LogP contribution in [0.5, 0.6) is 0 Å². The molecular formula is C7H7Br2NOS. The van der Waals surface area contributed by atoms with Gasteiger partial charge in [-0.05, 0) is 27.4 Å². The van der Waals surface area contributed by atoms with E-state index in [4.69, 9.17) is 0 Å². The van der Waals surface area contributed by atoms with Crippen LogP contribution in [-0.4, -0.2) is 17.8 Å². The van der Waals surface area contributed by atoms with Gasteiger partial charge in [0.05, 0.1) is 0 Å². The Bertz CT molecular complexity index is 274. The monoisotopic (exact) mass is 311 g/mol. The van der Waals surface area contributed by atoms with Crippen LogP contribution < -0.4 is 5.32 Å². The maximum atomic E-state index is 11.3. The molecule has 0 aromatic carbocycles. The standard InChI is InChI=1S/C7H7Br2NOS/c8-2-3-10-7(11)6-5(9)1-4-12-6/h1,4H,2-3H2,(H,10,11). The summed E-state index contributed by atoms with van der Waals surface area (Å²) >= 11 is 7.97. The van der Waals surface area contributed by atoms with Crippen LogP contribution >= 0.6 is 43.2 Å². The van der Waals surface area contributed by atoms with Gasteiger partial charge in [-0.3, -0.25) is 4.79 Å². The lowest BCUT2D eigenvalue weighted by atomic mass is 10.4. The summed E-state index contributed by atoms with van der Waals surface area (Å²) in [6, 6.07) is 1.87. The number of amides is 1. The van der Waals surface area contributed by atoms with Gasteiger partial charge in [-0.15, -0.1) is 11.3 Å². The molecule has 0 radical (unpaired) electrons. The number of nitrogens with one attached hydrogen (secondary N) is 1. The van der Waals surface area contributed by atoms with E-state index in [0.29, 0.717) is 6.54 Å². The molecule has 1 N–H and O–H groups in total. The highest BCUT2D eigenvalue weighted by atomic mass is 79.9. The first kappa shape index (κ1) is 10.2. The molecule has 1 aromatic rings. The molecule has 1 rings (SSSR count). The fraction of sp³-hybridized carbons (Fsp3) is 0.286. The molecule has 0 aliphatic heterocycles. The first-order valence-electron chi connectivity index (χ1n) is 3.33. The van der Waals surface area contributed by atoms with Gasteiger partial charge in [-0.1, -0.05) is 15.9 Å². The molecule has 0 fully saturated rings. The Labute approximate surface area is 91.6 Å². The molecule has 5 heteroatoms. The molecule has 0 spiro atoms. The lowest BCUT2D eigenvalue weighted by molar-refractivity contribution is 0.0959. The summed E-state index contributed by atoms with van der Waals surface area (Å²) in [5.41, 5.74) is 0. The summed E-state index contributed by atoms with van der Waals surface area (Å²) in [5, 5.41) is 5.43. The predicted molar refractivity (Wildman–Crippen MR) is 58.1 cm³/mol. The van der Waals surface area contributed by atoms with Crippen molar-refractivity contribution in [1.82, 2.24) is 5.32 Å². The molecule has 1 amide bonds. The number of carbonyl (C=O) groups excluding carboxylic acids is 1. The van der Waals surface area contributed by atoms with Gasteiger partial charge in [-0.25, -0.2) is 0 Å². The molecule has 0 aliphatic rings. The second kappa shape index (κ2) is 4.99. The largest absolute Gasteiger partial charge is 0.350 e. The molecule has 0 aliphatic carbocycles. The number of hydrogen-bond donors (Lipinski definition) is 1. The van der Waals surface area contributed by atoms with E-state index >= 15 is 0 Å². The molecule has 1 heterocycles. The number of hydrogen-bond acceptors (Lipinski definition) is 2. The second-order valence-corrected chi connectivity index (χ2v) is 4.61. The Balaban J connectivity index is 2.59. The second-order valence-electron chi connectivity index (χ2n) is 2.04. The average Bonchev–Trinajstić information content (AvgIpc) is 2.47. The Morgan fingerprint density at radius 1 is 1.67 bits per heavy atom. The molecule has 0 saturated carbocycles. The minimum Gasteiger partial charge on any atom is -0.350 e. The number of halogens is 2. The number of rotatable bonds is 3. The van der Waals surface area contributed by atoms with Crippen LogP contribution in [0.3, 0.4) is 0 Å². The van der Waals surface area contributed by atoms with Gasteiger partial charge in [0.15, 0.2) is 0 Å². The van der Waals surface area contributed by atoms with Crippen molar-refractivity contribution in [3.05, 3.63) is 20.8 Å². The van der Waals surface area contributed by atoms with Crippen LogP contribution in [0.2, 0.25) is 0 Å². The molecule has 0 unspecified atom stereocenters. The number of carbonyl (C=O) groups is 1. The third-order valence-electron chi connectivity index (χ3n) is 1.20. The normalized spacial score (nSPS) is 9.83. The minimum absolute atomic E-state index is 0.0173. The van der Waals surface area contributed by atoms with Gasteiger partial charge in [0, 0.05) is 16.3 Å². The zero-order chi connectivity index (χ0) is 8.97. The third kappa shape index (κ3) is 2.57. The SMILES string of the molecule is O=C(NCCBr)c1sccc1Br. The number of thiophene rings is 1. The topological polar surface area (TPSA) is 29.1 Å². The Morgan fingerprint density at radius 3 is 2.92 bits per heavy atom. The Hall–Kier alpha value is 0.130. The van der Waals surface area contributed by atoms with E-state index in [2.05, 4.69) is 37.2 Å². The quantitative estimate of drug-likeness (QED) is 0.854. The van der Waals surface area contributed by atoms with Crippen LogP contribution in [0.25, 0.3) is 0 Å². The Kier molecular flexibility index (Phi) is 4.25. The summed E-state index contributed by atoms with van der Waals surface area (Å²) in [5.74, 6) is -0.0173. The predicted octanol–water partition coefficient (Wildman–Crippen LogP) is 2.64. The van der Waals surface area contributed by atoms with E-state index in [1.807, 2.05) is 11.4 Å². The summed E-state index contributed by atoms with van der Waals surface area (Å²) in [6.07, 6.45) is 0. The Morgan fingerprint density at radius 2 is 2.42 bits per heavy atom. The van der Waals surface area contributed by atoms with Crippen LogP contribution in [0.4, 0.5) is 0 Å². The zero-order valence-electron chi connectivity index (χ0n) is 6.14. The molecule has 1 aromatic heterocycles.